The van der Waals surface area contributed by atoms with Gasteiger partial charge in [-0.25, -0.2) is 0 Å². The van der Waals surface area contributed by atoms with Gasteiger partial charge in [-0.15, -0.1) is 0 Å². The number of aromatic amines is 6. The summed E-state index contributed by atoms with van der Waals surface area (Å²) in [5.74, 6) is 28.2. The first-order valence-electron chi connectivity index (χ1n) is 35.4. The molecule has 0 spiro atoms. The fourth-order valence-corrected chi connectivity index (χ4v) is 14.5. The molecule has 0 bridgehead atoms. The predicted molar refractivity (Wildman–Crippen MR) is 426 cm³/mol. The Morgan fingerprint density at radius 3 is 0.490 bits per heavy atom. The van der Waals surface area contributed by atoms with Gasteiger partial charge >= 0.3 is 0 Å². The van der Waals surface area contributed by atoms with E-state index in [0.29, 0.717) is 0 Å². The SMILES string of the molecule is CC(C)(O)C#Cc1cc(C(C)(C)C)cc2c1[nH]c1c2ccc2c3cc(C(C)(C)C)cc(C#Cc4cc(C(C)(C)C)cc5c4[nH]c4c5ccc5c6cc(C(C)(C)C)cc(C#Cc7cc(C(C)(C)C)cc8c7[nH]c7c8ccc8c9cc(C(C)(C)C)cc(C#CC(C)(C)O)c9[nH]c87)c6[nH]c54)c3[nH]c21. The predicted octanol–water partition coefficient (Wildman–Crippen LogP) is 22.3. The quantitative estimate of drug-likeness (QED) is 0.0718. The highest BCUT2D eigenvalue weighted by atomic mass is 16.3. The van der Waals surface area contributed by atoms with Crippen LogP contribution >= 0.6 is 0 Å². The molecule has 0 unspecified atom stereocenters. The average Bonchev–Trinajstić information content (AvgIpc) is 1.58. The minimum absolute atomic E-state index is 0.122. The zero-order valence-electron chi connectivity index (χ0n) is 62.3. The standard InChI is InChI=1S/C92H92N6O2/c1-85(2,3)55-37-49(23-25-51-39-57(87(7,8)9)45-69-63-29-31-65-71-47-59(89(13,14)15)41-53(33-35-91(19,20)99)77(71)97-83(65)81(63)95-75(51)69)73-67(43-55)61-27-28-62-68-44-56(86(4,5)6)38-50(74(68)94-80(62)79(61)93-73)24-26-52-40-58(88(10,11)12)46-70-64-30-32-66-72-48-60(90(16,17)18)42-54(34-36-92(21,22)100)78(72)98-84(66)82(64)96-76(52)70/h27-32,37-48,93-100H,1-22H3. The van der Waals surface area contributed by atoms with Gasteiger partial charge in [0.1, 0.15) is 11.2 Å². The number of fused-ring (bicyclic) bond motifs is 21. The van der Waals surface area contributed by atoms with Crippen molar-refractivity contribution < 1.29 is 10.2 Å². The lowest BCUT2D eigenvalue weighted by molar-refractivity contribution is 0.143. The molecule has 15 rings (SSSR count). The van der Waals surface area contributed by atoms with Crippen molar-refractivity contribution in [1.29, 1.82) is 0 Å². The molecule has 0 aliphatic heterocycles. The number of H-pyrrole nitrogens is 6. The Morgan fingerprint density at radius 2 is 0.350 bits per heavy atom. The monoisotopic (exact) mass is 1310 g/mol. The molecule has 0 fully saturated rings. The molecular formula is C92H92N6O2. The third kappa shape index (κ3) is 11.3. The molecule has 0 saturated carbocycles. The molecule has 0 aliphatic rings. The van der Waals surface area contributed by atoms with E-state index in [1.54, 1.807) is 27.7 Å². The van der Waals surface area contributed by atoms with Crippen LogP contribution in [0.4, 0.5) is 0 Å². The minimum Gasteiger partial charge on any atom is -0.378 e. The molecule has 0 radical (unpaired) electrons. The summed E-state index contributed by atoms with van der Waals surface area (Å²) in [6.45, 7) is 47.6. The van der Waals surface area contributed by atoms with E-state index in [-0.39, 0.29) is 32.5 Å². The van der Waals surface area contributed by atoms with Crippen molar-refractivity contribution in [2.24, 2.45) is 0 Å². The van der Waals surface area contributed by atoms with Gasteiger partial charge in [-0.3, -0.25) is 0 Å². The van der Waals surface area contributed by atoms with Crippen molar-refractivity contribution in [1.82, 2.24) is 29.9 Å². The molecule has 100 heavy (non-hydrogen) atoms. The van der Waals surface area contributed by atoms with Gasteiger partial charge in [-0.05, 0) is 166 Å². The van der Waals surface area contributed by atoms with E-state index in [9.17, 15) is 10.2 Å². The summed E-state index contributed by atoms with van der Waals surface area (Å²) in [6.07, 6.45) is 0. The van der Waals surface area contributed by atoms with Crippen molar-refractivity contribution in [2.75, 3.05) is 0 Å². The molecule has 9 aromatic carbocycles. The zero-order valence-corrected chi connectivity index (χ0v) is 62.3. The lowest BCUT2D eigenvalue weighted by atomic mass is 9.84. The van der Waals surface area contributed by atoms with E-state index >= 15 is 0 Å². The van der Waals surface area contributed by atoms with Crippen LogP contribution in [0.15, 0.2) is 109 Å². The van der Waals surface area contributed by atoms with Crippen LogP contribution in [-0.4, -0.2) is 51.3 Å². The van der Waals surface area contributed by atoms with Crippen LogP contribution in [0.5, 0.6) is 0 Å². The summed E-state index contributed by atoms with van der Waals surface area (Å²) < 4.78 is 0. The second-order valence-corrected chi connectivity index (χ2v) is 35.8. The lowest BCUT2D eigenvalue weighted by Gasteiger charge is -2.20. The van der Waals surface area contributed by atoms with Crippen LogP contribution in [0.25, 0.3) is 131 Å². The number of nitrogens with one attached hydrogen (secondary N) is 6. The van der Waals surface area contributed by atoms with Crippen molar-refractivity contribution in [3.05, 3.63) is 176 Å². The van der Waals surface area contributed by atoms with E-state index in [1.807, 2.05) is 0 Å². The smallest absolute Gasteiger partial charge is 0.120 e. The van der Waals surface area contributed by atoms with Gasteiger partial charge in [0, 0.05) is 98.0 Å². The van der Waals surface area contributed by atoms with Crippen molar-refractivity contribution >= 4 is 131 Å². The molecular weight excluding hydrogens is 1220 g/mol. The molecule has 8 nitrogen and oxygen atoms in total. The van der Waals surface area contributed by atoms with Gasteiger partial charge < -0.3 is 40.1 Å². The van der Waals surface area contributed by atoms with E-state index in [0.717, 1.165) is 164 Å². The molecule has 0 atom stereocenters. The fourth-order valence-electron chi connectivity index (χ4n) is 14.5. The van der Waals surface area contributed by atoms with Gasteiger partial charge in [0.2, 0.25) is 0 Å². The van der Waals surface area contributed by atoms with Crippen LogP contribution in [-0.2, 0) is 32.5 Å². The van der Waals surface area contributed by atoms with Crippen LogP contribution in [0, 0.1) is 47.4 Å². The molecule has 0 saturated heterocycles. The largest absolute Gasteiger partial charge is 0.378 e. The Balaban J connectivity index is 0.906. The Morgan fingerprint density at radius 1 is 0.200 bits per heavy atom. The summed E-state index contributed by atoms with van der Waals surface area (Å²) in [7, 11) is 0. The average molecular weight is 1310 g/mol. The number of benzene rings is 9. The summed E-state index contributed by atoms with van der Waals surface area (Å²) in [5.41, 5.74) is 21.5. The van der Waals surface area contributed by atoms with Crippen LogP contribution < -0.4 is 0 Å². The number of hydrogen-bond donors (Lipinski definition) is 8. The number of aromatic nitrogens is 6. The van der Waals surface area contributed by atoms with Crippen LogP contribution in [0.3, 0.4) is 0 Å². The summed E-state index contributed by atoms with van der Waals surface area (Å²) in [6, 6.07) is 41.1. The van der Waals surface area contributed by atoms with Crippen molar-refractivity contribution in [3.63, 3.8) is 0 Å². The second kappa shape index (κ2) is 21.7. The highest BCUT2D eigenvalue weighted by Gasteiger charge is 2.28. The molecule has 6 heterocycles. The third-order valence-electron chi connectivity index (χ3n) is 20.6. The topological polar surface area (TPSA) is 135 Å². The van der Waals surface area contributed by atoms with E-state index in [4.69, 9.17) is 0 Å². The molecule has 6 aromatic heterocycles. The number of rotatable bonds is 0. The van der Waals surface area contributed by atoms with Gasteiger partial charge in [0.15, 0.2) is 0 Å². The van der Waals surface area contributed by atoms with Gasteiger partial charge in [-0.1, -0.05) is 208 Å². The highest BCUT2D eigenvalue weighted by molar-refractivity contribution is 6.26. The summed E-state index contributed by atoms with van der Waals surface area (Å²) >= 11 is 0. The van der Waals surface area contributed by atoms with Crippen molar-refractivity contribution in [2.45, 2.75) is 196 Å². The third-order valence-corrected chi connectivity index (χ3v) is 20.6. The molecule has 8 N–H and O–H groups in total. The Hall–Kier alpha value is -10.1. The first-order chi connectivity index (χ1) is 46.5. The maximum absolute atomic E-state index is 10.8. The second-order valence-electron chi connectivity index (χ2n) is 35.8. The molecule has 0 aliphatic carbocycles. The van der Waals surface area contributed by atoms with E-state index in [1.165, 1.54) is 33.4 Å². The Bertz CT molecular complexity index is 5970. The summed E-state index contributed by atoms with van der Waals surface area (Å²) in [5, 5.41) is 34.9. The molecule has 15 aromatic rings. The Labute approximate surface area is 586 Å². The first kappa shape index (κ1) is 65.9. The van der Waals surface area contributed by atoms with E-state index < -0.39 is 11.2 Å². The fraction of sp³-hybridized carbons (Fsp3) is 0.326. The zero-order chi connectivity index (χ0) is 71.4. The lowest BCUT2D eigenvalue weighted by Crippen LogP contribution is -2.14. The van der Waals surface area contributed by atoms with Gasteiger partial charge in [-0.2, -0.15) is 0 Å². The normalized spacial score (nSPS) is 13.3. The van der Waals surface area contributed by atoms with Gasteiger partial charge in [0.25, 0.3) is 0 Å². The highest BCUT2D eigenvalue weighted by Crippen LogP contribution is 2.45. The molecule has 502 valence electrons. The van der Waals surface area contributed by atoms with Crippen LogP contribution in [0.2, 0.25) is 0 Å². The number of hydrogen-bond acceptors (Lipinski definition) is 2. The maximum atomic E-state index is 10.8. The van der Waals surface area contributed by atoms with Crippen LogP contribution in [0.1, 0.15) is 219 Å². The van der Waals surface area contributed by atoms with Crippen molar-refractivity contribution in [3.8, 4) is 47.4 Å². The molecule has 8 heteroatoms. The minimum atomic E-state index is -1.15. The number of aliphatic hydroxyl groups is 2. The maximum Gasteiger partial charge on any atom is 0.120 e. The van der Waals surface area contributed by atoms with E-state index in [2.05, 4.69) is 311 Å². The Kier molecular flexibility index (Phi) is 14.3. The molecule has 0 amide bonds. The van der Waals surface area contributed by atoms with Gasteiger partial charge in [0.05, 0.1) is 66.2 Å². The summed E-state index contributed by atoms with van der Waals surface area (Å²) in [4.78, 5) is 23.6. The first-order valence-corrected chi connectivity index (χ1v) is 35.4.